The fraction of sp³-hybridized carbons (Fsp3) is 0.316. The van der Waals surface area contributed by atoms with Crippen LogP contribution in [0.25, 0.3) is 5.69 Å². The Morgan fingerprint density at radius 2 is 1.88 bits per heavy atom. The second-order valence-corrected chi connectivity index (χ2v) is 6.56. The van der Waals surface area contributed by atoms with Crippen LogP contribution >= 0.6 is 0 Å². The van der Waals surface area contributed by atoms with Crippen molar-refractivity contribution >= 4 is 5.95 Å². The molecule has 6 heteroatoms. The summed E-state index contributed by atoms with van der Waals surface area (Å²) >= 11 is 0. The Balaban J connectivity index is 1.54. The fourth-order valence-corrected chi connectivity index (χ4v) is 4.15. The molecule has 0 N–H and O–H groups in total. The van der Waals surface area contributed by atoms with Gasteiger partial charge in [-0.25, -0.2) is 14.6 Å². The largest absolute Gasteiger partial charge is 0.497 e. The van der Waals surface area contributed by atoms with E-state index in [1.807, 2.05) is 36.8 Å². The van der Waals surface area contributed by atoms with Crippen LogP contribution in [0.5, 0.6) is 5.75 Å². The average Bonchev–Trinajstić information content (AvgIpc) is 3.24. The van der Waals surface area contributed by atoms with Crippen LogP contribution in [0.4, 0.5) is 5.95 Å². The lowest BCUT2D eigenvalue weighted by atomic mass is 10.0. The average molecular weight is 333 g/mol. The molecule has 2 aromatic heterocycles. The van der Waals surface area contributed by atoms with Crippen LogP contribution in [0.15, 0.2) is 48.9 Å². The lowest BCUT2D eigenvalue weighted by Crippen LogP contribution is -2.38. The molecule has 25 heavy (non-hydrogen) atoms. The van der Waals surface area contributed by atoms with Crippen LogP contribution in [0, 0.1) is 0 Å². The Kier molecular flexibility index (Phi) is 3.23. The Labute approximate surface area is 146 Å². The molecule has 6 nitrogen and oxygen atoms in total. The highest BCUT2D eigenvalue weighted by Gasteiger charge is 2.43. The Bertz CT molecular complexity index is 890. The SMILES string of the molecule is COc1ccc(-n2ncc3c2CC2CCC3N2c2ncccn2)cc1. The minimum atomic E-state index is 0.322. The maximum absolute atomic E-state index is 5.26. The van der Waals surface area contributed by atoms with E-state index in [9.17, 15) is 0 Å². The molecule has 4 heterocycles. The Morgan fingerprint density at radius 1 is 1.08 bits per heavy atom. The van der Waals surface area contributed by atoms with E-state index < -0.39 is 0 Å². The lowest BCUT2D eigenvalue weighted by molar-refractivity contribution is 0.414. The highest BCUT2D eigenvalue weighted by atomic mass is 16.5. The molecule has 2 aliphatic heterocycles. The summed E-state index contributed by atoms with van der Waals surface area (Å²) in [5.74, 6) is 1.69. The molecule has 5 rings (SSSR count). The van der Waals surface area contributed by atoms with Crippen molar-refractivity contribution in [2.24, 2.45) is 0 Å². The van der Waals surface area contributed by atoms with Gasteiger partial charge in [0.05, 0.1) is 30.7 Å². The first-order valence-electron chi connectivity index (χ1n) is 8.62. The number of fused-ring (bicyclic) bond motifs is 4. The fourth-order valence-electron chi connectivity index (χ4n) is 4.15. The van der Waals surface area contributed by atoms with E-state index in [4.69, 9.17) is 4.74 Å². The summed E-state index contributed by atoms with van der Waals surface area (Å²) in [5.41, 5.74) is 3.69. The van der Waals surface area contributed by atoms with Gasteiger partial charge in [-0.2, -0.15) is 5.10 Å². The number of ether oxygens (including phenoxy) is 1. The van der Waals surface area contributed by atoms with E-state index >= 15 is 0 Å². The van der Waals surface area contributed by atoms with Gasteiger partial charge in [0.1, 0.15) is 5.75 Å². The van der Waals surface area contributed by atoms with Crippen molar-refractivity contribution in [2.45, 2.75) is 31.3 Å². The van der Waals surface area contributed by atoms with Gasteiger partial charge in [0.25, 0.3) is 0 Å². The smallest absolute Gasteiger partial charge is 0.226 e. The van der Waals surface area contributed by atoms with Crippen LogP contribution in [-0.2, 0) is 6.42 Å². The number of methoxy groups -OCH3 is 1. The van der Waals surface area contributed by atoms with E-state index in [0.717, 1.165) is 30.2 Å². The van der Waals surface area contributed by atoms with Crippen molar-refractivity contribution in [1.29, 1.82) is 0 Å². The number of nitrogens with zero attached hydrogens (tertiary/aromatic N) is 5. The predicted octanol–water partition coefficient (Wildman–Crippen LogP) is 2.94. The van der Waals surface area contributed by atoms with Gasteiger partial charge in [-0.3, -0.25) is 0 Å². The summed E-state index contributed by atoms with van der Waals surface area (Å²) in [5, 5.41) is 4.68. The molecule has 0 radical (unpaired) electrons. The lowest BCUT2D eigenvalue weighted by Gasteiger charge is -2.34. The Morgan fingerprint density at radius 3 is 2.64 bits per heavy atom. The minimum Gasteiger partial charge on any atom is -0.497 e. The van der Waals surface area contributed by atoms with Crippen molar-refractivity contribution in [3.63, 3.8) is 0 Å². The third kappa shape index (κ3) is 2.21. The Hall–Kier alpha value is -2.89. The van der Waals surface area contributed by atoms with Crippen molar-refractivity contribution in [3.8, 4) is 11.4 Å². The maximum atomic E-state index is 5.26. The van der Waals surface area contributed by atoms with Gasteiger partial charge in [0.15, 0.2) is 0 Å². The molecule has 0 saturated carbocycles. The van der Waals surface area contributed by atoms with Crippen LogP contribution in [0.2, 0.25) is 0 Å². The predicted molar refractivity (Wildman–Crippen MR) is 94.1 cm³/mol. The van der Waals surface area contributed by atoms with E-state index in [2.05, 4.69) is 36.8 Å². The number of anilines is 1. The normalized spacial score (nSPS) is 21.2. The number of benzene rings is 1. The first-order valence-corrected chi connectivity index (χ1v) is 8.62. The summed E-state index contributed by atoms with van der Waals surface area (Å²) in [6.45, 7) is 0. The molecule has 2 atom stereocenters. The van der Waals surface area contributed by atoms with E-state index in [-0.39, 0.29) is 0 Å². The number of hydrogen-bond donors (Lipinski definition) is 0. The van der Waals surface area contributed by atoms with Gasteiger partial charge in [-0.15, -0.1) is 0 Å². The summed E-state index contributed by atoms with van der Waals surface area (Å²) in [4.78, 5) is 11.3. The van der Waals surface area contributed by atoms with E-state index in [0.29, 0.717) is 12.1 Å². The quantitative estimate of drug-likeness (QED) is 0.737. The van der Waals surface area contributed by atoms with Crippen molar-refractivity contribution < 1.29 is 4.74 Å². The van der Waals surface area contributed by atoms with Crippen molar-refractivity contribution in [1.82, 2.24) is 19.7 Å². The zero-order valence-electron chi connectivity index (χ0n) is 14.0. The zero-order valence-corrected chi connectivity index (χ0v) is 14.0. The molecule has 3 aromatic rings. The molecular weight excluding hydrogens is 314 g/mol. The molecule has 2 aliphatic rings. The topological polar surface area (TPSA) is 56.1 Å². The number of rotatable bonds is 3. The number of hydrogen-bond acceptors (Lipinski definition) is 5. The third-order valence-corrected chi connectivity index (χ3v) is 5.29. The van der Waals surface area contributed by atoms with E-state index in [1.54, 1.807) is 7.11 Å². The second kappa shape index (κ2) is 5.58. The standard InChI is InChI=1S/C19H19N5O/c1-25-15-6-3-13(4-7-15)24-18-11-14-5-8-17(16(18)12-22-24)23(14)19-20-9-2-10-21-19/h2-4,6-7,9-10,12,14,17H,5,8,11H2,1H3. The highest BCUT2D eigenvalue weighted by molar-refractivity contribution is 5.48. The first-order chi connectivity index (χ1) is 12.3. The molecule has 0 spiro atoms. The number of aromatic nitrogens is 4. The van der Waals surface area contributed by atoms with Gasteiger partial charge in [-0.05, 0) is 43.2 Å². The molecule has 0 amide bonds. The second-order valence-electron chi connectivity index (χ2n) is 6.56. The summed E-state index contributed by atoms with van der Waals surface area (Å²) in [6, 6.07) is 10.7. The van der Waals surface area contributed by atoms with Crippen LogP contribution in [0.3, 0.4) is 0 Å². The van der Waals surface area contributed by atoms with Crippen LogP contribution < -0.4 is 9.64 Å². The van der Waals surface area contributed by atoms with Crippen LogP contribution in [0.1, 0.15) is 30.1 Å². The minimum absolute atomic E-state index is 0.322. The molecule has 2 unspecified atom stereocenters. The highest BCUT2D eigenvalue weighted by Crippen LogP contribution is 2.45. The third-order valence-electron chi connectivity index (χ3n) is 5.29. The van der Waals surface area contributed by atoms with Gasteiger partial charge >= 0.3 is 0 Å². The van der Waals surface area contributed by atoms with Gasteiger partial charge in [0, 0.05) is 30.4 Å². The summed E-state index contributed by atoms with van der Waals surface area (Å²) in [7, 11) is 1.68. The molecule has 1 fully saturated rings. The van der Waals surface area contributed by atoms with E-state index in [1.165, 1.54) is 17.7 Å². The molecule has 126 valence electrons. The molecular formula is C19H19N5O. The van der Waals surface area contributed by atoms with Crippen LogP contribution in [-0.4, -0.2) is 32.9 Å². The molecule has 1 saturated heterocycles. The van der Waals surface area contributed by atoms with Gasteiger partial charge in [0.2, 0.25) is 5.95 Å². The molecule has 2 bridgehead atoms. The van der Waals surface area contributed by atoms with Gasteiger partial charge in [-0.1, -0.05) is 0 Å². The summed E-state index contributed by atoms with van der Waals surface area (Å²) in [6.07, 6.45) is 8.92. The molecule has 0 aliphatic carbocycles. The van der Waals surface area contributed by atoms with Crippen molar-refractivity contribution in [2.75, 3.05) is 12.0 Å². The van der Waals surface area contributed by atoms with Gasteiger partial charge < -0.3 is 9.64 Å². The molecule has 1 aromatic carbocycles. The summed E-state index contributed by atoms with van der Waals surface area (Å²) < 4.78 is 7.33. The van der Waals surface area contributed by atoms with Crippen molar-refractivity contribution in [3.05, 3.63) is 60.2 Å². The zero-order chi connectivity index (χ0) is 16.8. The maximum Gasteiger partial charge on any atom is 0.226 e. The monoisotopic (exact) mass is 333 g/mol. The first kappa shape index (κ1) is 14.5.